The van der Waals surface area contributed by atoms with Crippen LogP contribution in [0, 0.1) is 30.6 Å². The number of aryl methyl sites for hydroxylation is 1. The van der Waals surface area contributed by atoms with Crippen molar-refractivity contribution in [3.63, 3.8) is 0 Å². The summed E-state index contributed by atoms with van der Waals surface area (Å²) in [5, 5.41) is 0. The zero-order valence-corrected chi connectivity index (χ0v) is 17.5. The Morgan fingerprint density at radius 2 is 1.75 bits per heavy atom. The lowest BCUT2D eigenvalue weighted by atomic mass is 9.47. The Kier molecular flexibility index (Phi) is 2.98. The van der Waals surface area contributed by atoms with Crippen molar-refractivity contribution in [1.82, 2.24) is 9.38 Å². The molecule has 4 fully saturated rings. The maximum atomic E-state index is 4.69. The van der Waals surface area contributed by atoms with Crippen molar-refractivity contribution in [1.29, 1.82) is 0 Å². The van der Waals surface area contributed by atoms with Crippen LogP contribution in [-0.4, -0.2) is 9.38 Å². The highest BCUT2D eigenvalue weighted by Crippen LogP contribution is 2.69. The highest BCUT2D eigenvalue weighted by molar-refractivity contribution is 7.17. The Hall–Kier alpha value is -1.81. The summed E-state index contributed by atoms with van der Waals surface area (Å²) in [4.78, 5) is 10.3. The topological polar surface area (TPSA) is 20.5 Å². The second kappa shape index (κ2) is 5.21. The van der Waals surface area contributed by atoms with Crippen molar-refractivity contribution in [2.75, 3.05) is 4.90 Å². The summed E-state index contributed by atoms with van der Waals surface area (Å²) in [7, 11) is 0. The van der Waals surface area contributed by atoms with Crippen molar-refractivity contribution >= 4 is 22.0 Å². The van der Waals surface area contributed by atoms with E-state index in [0.717, 1.165) is 23.7 Å². The number of thiazole rings is 1. The van der Waals surface area contributed by atoms with Crippen LogP contribution in [0.3, 0.4) is 0 Å². The van der Waals surface area contributed by atoms with Gasteiger partial charge < -0.3 is 4.90 Å². The first-order valence-electron chi connectivity index (χ1n) is 11.0. The average Bonchev–Trinajstić information content (AvgIpc) is 3.32. The first-order chi connectivity index (χ1) is 13.7. The predicted molar refractivity (Wildman–Crippen MR) is 114 cm³/mol. The van der Waals surface area contributed by atoms with E-state index in [9.17, 15) is 0 Å². The first-order valence-corrected chi connectivity index (χ1v) is 11.8. The summed E-state index contributed by atoms with van der Waals surface area (Å²) in [6.07, 6.45) is 11.4. The van der Waals surface area contributed by atoms with Gasteiger partial charge in [-0.15, -0.1) is 0 Å². The molecule has 0 unspecified atom stereocenters. The molecule has 5 aliphatic rings. The molecule has 4 bridgehead atoms. The van der Waals surface area contributed by atoms with Crippen LogP contribution in [0.4, 0.5) is 5.69 Å². The molecule has 1 aromatic carbocycles. The summed E-state index contributed by atoms with van der Waals surface area (Å²) in [6, 6.07) is 9.52. The third kappa shape index (κ3) is 1.71. The Labute approximate surface area is 170 Å². The zero-order chi connectivity index (χ0) is 18.6. The van der Waals surface area contributed by atoms with Gasteiger partial charge in [0.25, 0.3) is 0 Å². The quantitative estimate of drug-likeness (QED) is 0.514. The summed E-state index contributed by atoms with van der Waals surface area (Å²) in [6.45, 7) is 4.74. The molecule has 0 N–H and O–H groups in total. The molecule has 2 aromatic heterocycles. The van der Waals surface area contributed by atoms with Crippen LogP contribution in [0.1, 0.15) is 61.2 Å². The second-order valence-electron chi connectivity index (χ2n) is 9.86. The summed E-state index contributed by atoms with van der Waals surface area (Å²) in [5.74, 6) is 3.52. The predicted octanol–water partition coefficient (Wildman–Crippen LogP) is 5.94. The van der Waals surface area contributed by atoms with Crippen molar-refractivity contribution in [2.24, 2.45) is 23.7 Å². The number of anilines is 1. The SMILES string of the molecule is Cc1ccccc1N1[C@@H](C)c2sc3nccn3c2C12C1CC3CC(C1)CC2C3. The Morgan fingerprint density at radius 3 is 2.46 bits per heavy atom. The van der Waals surface area contributed by atoms with Crippen LogP contribution < -0.4 is 4.90 Å². The summed E-state index contributed by atoms with van der Waals surface area (Å²) < 4.78 is 2.47. The van der Waals surface area contributed by atoms with E-state index in [-0.39, 0.29) is 5.54 Å². The van der Waals surface area contributed by atoms with Gasteiger partial charge in [0.15, 0.2) is 4.96 Å². The largest absolute Gasteiger partial charge is 0.352 e. The van der Waals surface area contributed by atoms with Gasteiger partial charge in [0.1, 0.15) is 0 Å². The molecule has 1 spiro atoms. The lowest BCUT2D eigenvalue weighted by Gasteiger charge is -2.63. The molecular weight excluding hydrogens is 362 g/mol. The van der Waals surface area contributed by atoms with Gasteiger partial charge in [-0.3, -0.25) is 4.40 Å². The average molecular weight is 390 g/mol. The van der Waals surface area contributed by atoms with E-state index < -0.39 is 0 Å². The molecule has 4 heteroatoms. The van der Waals surface area contributed by atoms with E-state index in [4.69, 9.17) is 4.98 Å². The van der Waals surface area contributed by atoms with Gasteiger partial charge in [-0.25, -0.2) is 4.98 Å². The summed E-state index contributed by atoms with van der Waals surface area (Å²) >= 11 is 1.93. The van der Waals surface area contributed by atoms with E-state index in [1.54, 1.807) is 10.6 Å². The van der Waals surface area contributed by atoms with E-state index in [1.165, 1.54) is 48.3 Å². The molecule has 0 radical (unpaired) electrons. The molecule has 3 aromatic rings. The lowest BCUT2D eigenvalue weighted by Crippen LogP contribution is -2.62. The van der Waals surface area contributed by atoms with E-state index >= 15 is 0 Å². The van der Waals surface area contributed by atoms with Crippen molar-refractivity contribution in [3.8, 4) is 0 Å². The number of rotatable bonds is 1. The van der Waals surface area contributed by atoms with Crippen molar-refractivity contribution < 1.29 is 0 Å². The van der Waals surface area contributed by atoms with Crippen LogP contribution in [0.25, 0.3) is 4.96 Å². The molecule has 3 heterocycles. The molecule has 28 heavy (non-hydrogen) atoms. The fourth-order valence-electron chi connectivity index (χ4n) is 7.95. The summed E-state index contributed by atoms with van der Waals surface area (Å²) in [5.41, 5.74) is 4.64. The third-order valence-corrected chi connectivity index (χ3v) is 9.82. The van der Waals surface area contributed by atoms with Crippen LogP contribution in [0.15, 0.2) is 36.7 Å². The van der Waals surface area contributed by atoms with Crippen LogP contribution in [0.5, 0.6) is 0 Å². The molecule has 144 valence electrons. The molecular formula is C24H27N3S. The molecule has 3 nitrogen and oxygen atoms in total. The standard InChI is InChI=1S/C24H27N3S/c1-14-5-3-4-6-20(14)27-15(2)21-22(26-8-7-25-23(26)28-21)24(27)18-10-16-9-17(12-18)13-19(24)11-16/h3-8,15-19H,9-13H2,1-2H3/t15-,16?,17?,18?,19?,24?/m0/s1. The molecule has 8 rings (SSSR count). The Bertz CT molecular complexity index is 1060. The van der Waals surface area contributed by atoms with Crippen molar-refractivity contribution in [3.05, 3.63) is 52.8 Å². The minimum atomic E-state index is 0.160. The van der Waals surface area contributed by atoms with Crippen LogP contribution >= 0.6 is 11.3 Å². The van der Waals surface area contributed by atoms with Crippen LogP contribution in [0.2, 0.25) is 0 Å². The van der Waals surface area contributed by atoms with Gasteiger partial charge in [-0.1, -0.05) is 29.5 Å². The molecule has 0 saturated heterocycles. The van der Waals surface area contributed by atoms with Gasteiger partial charge in [0.2, 0.25) is 0 Å². The number of para-hydroxylation sites is 1. The second-order valence-corrected chi connectivity index (χ2v) is 10.9. The van der Waals surface area contributed by atoms with Crippen molar-refractivity contribution in [2.45, 2.75) is 57.5 Å². The van der Waals surface area contributed by atoms with Gasteiger partial charge in [0.05, 0.1) is 22.2 Å². The smallest absolute Gasteiger partial charge is 0.194 e. The third-order valence-electron chi connectivity index (χ3n) is 8.58. The van der Waals surface area contributed by atoms with Gasteiger partial charge >= 0.3 is 0 Å². The lowest BCUT2D eigenvalue weighted by molar-refractivity contribution is -0.0623. The number of hydrogen-bond donors (Lipinski definition) is 0. The maximum absolute atomic E-state index is 4.69. The van der Waals surface area contributed by atoms with Crippen LogP contribution in [-0.2, 0) is 5.54 Å². The van der Waals surface area contributed by atoms with E-state index in [1.807, 2.05) is 17.5 Å². The van der Waals surface area contributed by atoms with Gasteiger partial charge in [-0.05, 0) is 81.3 Å². The normalized spacial score (nSPS) is 38.1. The highest BCUT2D eigenvalue weighted by Gasteiger charge is 2.66. The fourth-order valence-corrected chi connectivity index (χ4v) is 9.15. The van der Waals surface area contributed by atoms with Gasteiger partial charge in [0, 0.05) is 18.1 Å². The van der Waals surface area contributed by atoms with Gasteiger partial charge in [-0.2, -0.15) is 0 Å². The minimum Gasteiger partial charge on any atom is -0.352 e. The molecule has 4 saturated carbocycles. The van der Waals surface area contributed by atoms with E-state index in [2.05, 4.69) is 53.6 Å². The zero-order valence-electron chi connectivity index (χ0n) is 16.6. The first kappa shape index (κ1) is 16.0. The number of hydrogen-bond acceptors (Lipinski definition) is 3. The van der Waals surface area contributed by atoms with E-state index in [0.29, 0.717) is 6.04 Å². The number of aromatic nitrogens is 2. The number of benzene rings is 1. The maximum Gasteiger partial charge on any atom is 0.194 e. The molecule has 1 atom stereocenters. The Morgan fingerprint density at radius 1 is 1.04 bits per heavy atom. The molecule has 1 aliphatic heterocycles. The number of nitrogens with zero attached hydrogens (tertiary/aromatic N) is 3. The number of imidazole rings is 1. The highest BCUT2D eigenvalue weighted by atomic mass is 32.1. The molecule has 4 aliphatic carbocycles. The molecule has 0 amide bonds. The number of fused-ring (bicyclic) bond motifs is 3. The minimum absolute atomic E-state index is 0.160. The fraction of sp³-hybridized carbons (Fsp3) is 0.542. The Balaban J connectivity index is 1.55. The monoisotopic (exact) mass is 389 g/mol.